The van der Waals surface area contributed by atoms with Crippen LogP contribution >= 0.6 is 12.2 Å². The molecule has 3 heteroatoms. The standard InChI is InChI=1S/C9H9NOS/c1-7(12)9(11)5-8-3-2-4-10-6-8/h2-4,6H,5H2,1H3. The van der Waals surface area contributed by atoms with Crippen LogP contribution in [0.1, 0.15) is 12.5 Å². The fourth-order valence-electron chi connectivity index (χ4n) is 0.813. The van der Waals surface area contributed by atoms with Gasteiger partial charge in [-0.25, -0.2) is 0 Å². The summed E-state index contributed by atoms with van der Waals surface area (Å²) in [5.41, 5.74) is 0.909. The van der Waals surface area contributed by atoms with Crippen molar-refractivity contribution < 1.29 is 4.79 Å². The fraction of sp³-hybridized carbons (Fsp3) is 0.222. The monoisotopic (exact) mass is 179 g/mol. The predicted octanol–water partition coefficient (Wildman–Crippen LogP) is 1.58. The van der Waals surface area contributed by atoms with E-state index in [0.29, 0.717) is 11.3 Å². The van der Waals surface area contributed by atoms with Crippen molar-refractivity contribution >= 4 is 22.9 Å². The molecule has 0 radical (unpaired) electrons. The number of carbonyl (C=O) groups excluding carboxylic acids is 1. The molecule has 62 valence electrons. The molecule has 0 aliphatic heterocycles. The maximum atomic E-state index is 11.1. The van der Waals surface area contributed by atoms with Gasteiger partial charge in [0.05, 0.1) is 4.86 Å². The maximum absolute atomic E-state index is 11.1. The summed E-state index contributed by atoms with van der Waals surface area (Å²) in [6.07, 6.45) is 3.72. The zero-order chi connectivity index (χ0) is 8.97. The lowest BCUT2D eigenvalue weighted by atomic mass is 10.1. The van der Waals surface area contributed by atoms with E-state index in [4.69, 9.17) is 12.2 Å². The van der Waals surface area contributed by atoms with Crippen LogP contribution in [0.3, 0.4) is 0 Å². The number of Topliss-reactive ketones (excluding diaryl/α,β-unsaturated/α-hetero) is 1. The maximum Gasteiger partial charge on any atom is 0.173 e. The molecule has 0 N–H and O–H groups in total. The van der Waals surface area contributed by atoms with E-state index in [1.807, 2.05) is 6.07 Å². The summed E-state index contributed by atoms with van der Waals surface area (Å²) in [6, 6.07) is 3.67. The van der Waals surface area contributed by atoms with Crippen molar-refractivity contribution in [3.05, 3.63) is 30.1 Å². The summed E-state index contributed by atoms with van der Waals surface area (Å²) >= 11 is 4.75. The largest absolute Gasteiger partial charge is 0.293 e. The van der Waals surface area contributed by atoms with Crippen LogP contribution in [0.4, 0.5) is 0 Å². The van der Waals surface area contributed by atoms with Crippen LogP contribution in [-0.4, -0.2) is 15.6 Å². The molecule has 0 saturated heterocycles. The molecule has 0 aromatic carbocycles. The second-order valence-electron chi connectivity index (χ2n) is 2.52. The van der Waals surface area contributed by atoms with Gasteiger partial charge in [-0.05, 0) is 18.6 Å². The quantitative estimate of drug-likeness (QED) is 0.660. The van der Waals surface area contributed by atoms with Crippen LogP contribution in [-0.2, 0) is 11.2 Å². The second-order valence-corrected chi connectivity index (χ2v) is 3.13. The van der Waals surface area contributed by atoms with Gasteiger partial charge in [0, 0.05) is 18.8 Å². The Labute approximate surface area is 76.6 Å². The molecule has 0 atom stereocenters. The van der Waals surface area contributed by atoms with Gasteiger partial charge in [0.2, 0.25) is 0 Å². The summed E-state index contributed by atoms with van der Waals surface area (Å²) in [4.78, 5) is 15.5. The average molecular weight is 179 g/mol. The van der Waals surface area contributed by atoms with Gasteiger partial charge in [-0.15, -0.1) is 0 Å². The van der Waals surface area contributed by atoms with Crippen molar-refractivity contribution in [3.63, 3.8) is 0 Å². The van der Waals surface area contributed by atoms with E-state index in [0.717, 1.165) is 5.56 Å². The highest BCUT2D eigenvalue weighted by molar-refractivity contribution is 7.82. The summed E-state index contributed by atoms with van der Waals surface area (Å²) < 4.78 is 0. The summed E-state index contributed by atoms with van der Waals surface area (Å²) in [7, 11) is 0. The third-order valence-corrected chi connectivity index (χ3v) is 1.71. The first kappa shape index (κ1) is 9.00. The van der Waals surface area contributed by atoms with Crippen molar-refractivity contribution in [1.82, 2.24) is 4.98 Å². The van der Waals surface area contributed by atoms with Gasteiger partial charge in [-0.2, -0.15) is 0 Å². The molecule has 0 fully saturated rings. The van der Waals surface area contributed by atoms with Gasteiger partial charge >= 0.3 is 0 Å². The Balaban J connectivity index is 2.65. The molecular formula is C9H9NOS. The normalized spacial score (nSPS) is 9.42. The molecule has 1 heterocycles. The summed E-state index contributed by atoms with van der Waals surface area (Å²) in [6.45, 7) is 1.65. The predicted molar refractivity (Wildman–Crippen MR) is 51.2 cm³/mol. The number of hydrogen-bond donors (Lipinski definition) is 0. The molecule has 12 heavy (non-hydrogen) atoms. The van der Waals surface area contributed by atoms with Gasteiger partial charge in [0.25, 0.3) is 0 Å². The molecule has 1 aromatic rings. The number of thiocarbonyl (C=S) groups is 1. The molecule has 0 unspecified atom stereocenters. The molecular weight excluding hydrogens is 170 g/mol. The van der Waals surface area contributed by atoms with Crippen LogP contribution in [0.15, 0.2) is 24.5 Å². The molecule has 0 spiro atoms. The molecule has 0 aliphatic rings. The Kier molecular flexibility index (Phi) is 3.05. The second kappa shape index (κ2) is 4.07. The number of nitrogens with zero attached hydrogens (tertiary/aromatic N) is 1. The number of hydrogen-bond acceptors (Lipinski definition) is 3. The van der Waals surface area contributed by atoms with E-state index in [1.54, 1.807) is 25.4 Å². The molecule has 0 bridgehead atoms. The lowest BCUT2D eigenvalue weighted by Crippen LogP contribution is -2.10. The van der Waals surface area contributed by atoms with Gasteiger partial charge < -0.3 is 0 Å². The van der Waals surface area contributed by atoms with Gasteiger partial charge in [0.15, 0.2) is 5.78 Å². The zero-order valence-corrected chi connectivity index (χ0v) is 7.60. The van der Waals surface area contributed by atoms with Crippen molar-refractivity contribution in [2.75, 3.05) is 0 Å². The van der Waals surface area contributed by atoms with E-state index in [9.17, 15) is 4.79 Å². The van der Waals surface area contributed by atoms with Crippen LogP contribution in [0.5, 0.6) is 0 Å². The van der Waals surface area contributed by atoms with E-state index < -0.39 is 0 Å². The number of pyridine rings is 1. The van der Waals surface area contributed by atoms with Gasteiger partial charge in [0.1, 0.15) is 0 Å². The van der Waals surface area contributed by atoms with Crippen molar-refractivity contribution in [2.45, 2.75) is 13.3 Å². The third-order valence-electron chi connectivity index (χ3n) is 1.48. The number of aromatic nitrogens is 1. The lowest BCUT2D eigenvalue weighted by Gasteiger charge is -1.96. The fourth-order valence-corrected chi connectivity index (χ4v) is 0.885. The minimum absolute atomic E-state index is 0.00185. The van der Waals surface area contributed by atoms with Gasteiger partial charge in [-0.3, -0.25) is 9.78 Å². The first-order valence-electron chi connectivity index (χ1n) is 3.63. The Morgan fingerprint density at radius 1 is 1.67 bits per heavy atom. The topological polar surface area (TPSA) is 30.0 Å². The van der Waals surface area contributed by atoms with Crippen molar-refractivity contribution in [2.24, 2.45) is 0 Å². The number of ketones is 1. The molecule has 1 aromatic heterocycles. The summed E-state index contributed by atoms with van der Waals surface area (Å²) in [5.74, 6) is -0.00185. The Hall–Kier alpha value is -1.09. The minimum Gasteiger partial charge on any atom is -0.293 e. The van der Waals surface area contributed by atoms with Crippen molar-refractivity contribution in [3.8, 4) is 0 Å². The molecule has 0 amide bonds. The highest BCUT2D eigenvalue weighted by Gasteiger charge is 2.04. The van der Waals surface area contributed by atoms with Crippen LogP contribution in [0.25, 0.3) is 0 Å². The highest BCUT2D eigenvalue weighted by Crippen LogP contribution is 1.98. The smallest absolute Gasteiger partial charge is 0.173 e. The molecule has 0 saturated carbocycles. The molecule has 1 rings (SSSR count). The number of rotatable bonds is 3. The van der Waals surface area contributed by atoms with Crippen molar-refractivity contribution in [1.29, 1.82) is 0 Å². The third kappa shape index (κ3) is 2.51. The molecule has 0 aliphatic carbocycles. The molecule has 2 nitrogen and oxygen atoms in total. The van der Waals surface area contributed by atoms with Crippen LogP contribution < -0.4 is 0 Å². The zero-order valence-electron chi connectivity index (χ0n) is 6.78. The summed E-state index contributed by atoms with van der Waals surface area (Å²) in [5, 5.41) is 0. The first-order valence-corrected chi connectivity index (χ1v) is 4.03. The average Bonchev–Trinajstić information content (AvgIpc) is 2.06. The first-order chi connectivity index (χ1) is 5.70. The van der Waals surface area contributed by atoms with Crippen LogP contribution in [0, 0.1) is 0 Å². The van der Waals surface area contributed by atoms with Crippen LogP contribution in [0.2, 0.25) is 0 Å². The minimum atomic E-state index is -0.00185. The Morgan fingerprint density at radius 3 is 2.92 bits per heavy atom. The Bertz CT molecular complexity index is 295. The Morgan fingerprint density at radius 2 is 2.42 bits per heavy atom. The van der Waals surface area contributed by atoms with E-state index in [-0.39, 0.29) is 5.78 Å². The van der Waals surface area contributed by atoms with E-state index in [1.165, 1.54) is 0 Å². The highest BCUT2D eigenvalue weighted by atomic mass is 32.1. The van der Waals surface area contributed by atoms with E-state index >= 15 is 0 Å². The number of carbonyl (C=O) groups is 1. The SMILES string of the molecule is CC(=S)C(=O)Cc1cccnc1. The lowest BCUT2D eigenvalue weighted by molar-refractivity contribution is -0.112. The van der Waals surface area contributed by atoms with E-state index in [2.05, 4.69) is 4.98 Å². The van der Waals surface area contributed by atoms with Gasteiger partial charge in [-0.1, -0.05) is 18.3 Å².